The van der Waals surface area contributed by atoms with Crippen molar-refractivity contribution in [1.82, 2.24) is 14.9 Å². The van der Waals surface area contributed by atoms with Crippen molar-refractivity contribution in [3.8, 4) is 10.6 Å². The number of hydrogen-bond acceptors (Lipinski definition) is 3. The number of benzene rings is 2. The zero-order chi connectivity index (χ0) is 19.8. The SMILES string of the molecule is O=C(c1cnc(-c2ccccc2Cl)s1)N1CC=C(c2c[nH]c3ccccc23)CC1. The van der Waals surface area contributed by atoms with Crippen LogP contribution < -0.4 is 0 Å². The molecule has 1 amide bonds. The third-order valence-electron chi connectivity index (χ3n) is 5.25. The number of thiazole rings is 1. The van der Waals surface area contributed by atoms with E-state index < -0.39 is 0 Å². The highest BCUT2D eigenvalue weighted by Gasteiger charge is 2.22. The molecule has 0 aliphatic carbocycles. The van der Waals surface area contributed by atoms with E-state index >= 15 is 0 Å². The first-order chi connectivity index (χ1) is 14.2. The average molecular weight is 420 g/mol. The minimum absolute atomic E-state index is 0.0232. The molecule has 144 valence electrons. The number of amides is 1. The van der Waals surface area contributed by atoms with Crippen LogP contribution in [0.4, 0.5) is 0 Å². The highest BCUT2D eigenvalue weighted by atomic mass is 35.5. The molecule has 0 saturated carbocycles. The molecule has 2 aromatic heterocycles. The largest absolute Gasteiger partial charge is 0.361 e. The Morgan fingerprint density at radius 3 is 2.76 bits per heavy atom. The lowest BCUT2D eigenvalue weighted by molar-refractivity contribution is 0.0777. The van der Waals surface area contributed by atoms with Crippen LogP contribution in [0.1, 0.15) is 21.7 Å². The van der Waals surface area contributed by atoms with Gasteiger partial charge in [-0.1, -0.05) is 54.1 Å². The van der Waals surface area contributed by atoms with Gasteiger partial charge in [-0.3, -0.25) is 4.79 Å². The van der Waals surface area contributed by atoms with E-state index in [9.17, 15) is 4.79 Å². The van der Waals surface area contributed by atoms with Crippen LogP contribution in [-0.4, -0.2) is 33.9 Å². The minimum atomic E-state index is 0.0232. The molecule has 0 bridgehead atoms. The molecule has 3 heterocycles. The molecule has 0 saturated heterocycles. The fraction of sp³-hybridized carbons (Fsp3) is 0.130. The van der Waals surface area contributed by atoms with E-state index in [-0.39, 0.29) is 5.91 Å². The second-order valence-corrected chi connectivity index (χ2v) is 8.43. The first-order valence-electron chi connectivity index (χ1n) is 9.46. The first kappa shape index (κ1) is 18.2. The molecule has 0 unspecified atom stereocenters. The number of hydrogen-bond donors (Lipinski definition) is 1. The van der Waals surface area contributed by atoms with E-state index in [2.05, 4.69) is 40.4 Å². The number of aromatic amines is 1. The Bertz CT molecular complexity index is 1240. The van der Waals surface area contributed by atoms with Gasteiger partial charge in [-0.25, -0.2) is 4.98 Å². The summed E-state index contributed by atoms with van der Waals surface area (Å²) in [6.07, 6.45) is 6.72. The van der Waals surface area contributed by atoms with Gasteiger partial charge in [0, 0.05) is 41.3 Å². The molecule has 6 heteroatoms. The fourth-order valence-electron chi connectivity index (χ4n) is 3.72. The summed E-state index contributed by atoms with van der Waals surface area (Å²) in [6.45, 7) is 1.30. The predicted octanol–water partition coefficient (Wildman–Crippen LogP) is 5.87. The quantitative estimate of drug-likeness (QED) is 0.451. The highest BCUT2D eigenvalue weighted by molar-refractivity contribution is 7.17. The number of aromatic nitrogens is 2. The van der Waals surface area contributed by atoms with Crippen molar-refractivity contribution in [2.24, 2.45) is 0 Å². The van der Waals surface area contributed by atoms with Crippen molar-refractivity contribution in [2.45, 2.75) is 6.42 Å². The third-order valence-corrected chi connectivity index (χ3v) is 6.60. The molecule has 0 fully saturated rings. The summed E-state index contributed by atoms with van der Waals surface area (Å²) in [5.74, 6) is 0.0232. The Labute approximate surface area is 177 Å². The van der Waals surface area contributed by atoms with Crippen LogP contribution in [0, 0.1) is 0 Å². The van der Waals surface area contributed by atoms with Gasteiger partial charge in [-0.05, 0) is 24.1 Å². The van der Waals surface area contributed by atoms with Crippen LogP contribution in [-0.2, 0) is 0 Å². The molecule has 0 radical (unpaired) electrons. The van der Waals surface area contributed by atoms with Crippen molar-refractivity contribution in [3.05, 3.63) is 82.5 Å². The maximum absolute atomic E-state index is 13.0. The predicted molar refractivity (Wildman–Crippen MR) is 119 cm³/mol. The lowest BCUT2D eigenvalue weighted by Crippen LogP contribution is -2.34. The van der Waals surface area contributed by atoms with Crippen LogP contribution in [0.15, 0.2) is 67.0 Å². The summed E-state index contributed by atoms with van der Waals surface area (Å²) in [5, 5.41) is 2.64. The maximum Gasteiger partial charge on any atom is 0.265 e. The van der Waals surface area contributed by atoms with Crippen LogP contribution >= 0.6 is 22.9 Å². The molecule has 0 spiro atoms. The lowest BCUT2D eigenvalue weighted by Gasteiger charge is -2.26. The second-order valence-electron chi connectivity index (χ2n) is 6.99. The van der Waals surface area contributed by atoms with E-state index in [4.69, 9.17) is 11.6 Å². The molecule has 4 aromatic rings. The molecule has 1 aliphatic rings. The van der Waals surface area contributed by atoms with Gasteiger partial charge in [0.15, 0.2) is 0 Å². The number of rotatable bonds is 3. The summed E-state index contributed by atoms with van der Waals surface area (Å²) < 4.78 is 0. The monoisotopic (exact) mass is 419 g/mol. The fourth-order valence-corrected chi connectivity index (χ4v) is 4.93. The number of H-pyrrole nitrogens is 1. The van der Waals surface area contributed by atoms with Gasteiger partial charge in [0.1, 0.15) is 9.88 Å². The zero-order valence-electron chi connectivity index (χ0n) is 15.6. The van der Waals surface area contributed by atoms with E-state index in [1.165, 1.54) is 27.9 Å². The average Bonchev–Trinajstić information content (AvgIpc) is 3.41. The lowest BCUT2D eigenvalue weighted by atomic mass is 9.99. The number of para-hydroxylation sites is 1. The Kier molecular flexibility index (Phi) is 4.70. The smallest absolute Gasteiger partial charge is 0.265 e. The molecule has 1 aliphatic heterocycles. The molecule has 29 heavy (non-hydrogen) atoms. The van der Waals surface area contributed by atoms with Crippen LogP contribution in [0.5, 0.6) is 0 Å². The van der Waals surface area contributed by atoms with E-state index in [0.29, 0.717) is 23.0 Å². The summed E-state index contributed by atoms with van der Waals surface area (Å²) >= 11 is 7.65. The second kappa shape index (κ2) is 7.50. The molecule has 5 rings (SSSR count). The summed E-state index contributed by atoms with van der Waals surface area (Å²) in [4.78, 5) is 23.2. The van der Waals surface area contributed by atoms with Gasteiger partial charge >= 0.3 is 0 Å². The number of halogens is 1. The molecular weight excluding hydrogens is 402 g/mol. The van der Waals surface area contributed by atoms with Gasteiger partial charge in [-0.2, -0.15) is 0 Å². The molecule has 4 nitrogen and oxygen atoms in total. The topological polar surface area (TPSA) is 49.0 Å². The Morgan fingerprint density at radius 1 is 1.10 bits per heavy atom. The number of nitrogens with zero attached hydrogens (tertiary/aromatic N) is 2. The summed E-state index contributed by atoms with van der Waals surface area (Å²) in [7, 11) is 0. The van der Waals surface area contributed by atoms with Crippen molar-refractivity contribution >= 4 is 45.3 Å². The Morgan fingerprint density at radius 2 is 1.93 bits per heavy atom. The van der Waals surface area contributed by atoms with Crippen molar-refractivity contribution in [1.29, 1.82) is 0 Å². The molecule has 2 aromatic carbocycles. The van der Waals surface area contributed by atoms with Gasteiger partial charge in [0.25, 0.3) is 5.91 Å². The zero-order valence-corrected chi connectivity index (χ0v) is 17.1. The highest BCUT2D eigenvalue weighted by Crippen LogP contribution is 2.33. The molecular formula is C23H18ClN3OS. The Hall–Kier alpha value is -2.89. The van der Waals surface area contributed by atoms with Gasteiger partial charge < -0.3 is 9.88 Å². The van der Waals surface area contributed by atoms with Crippen LogP contribution in [0.2, 0.25) is 5.02 Å². The number of carbonyl (C=O) groups is 1. The van der Waals surface area contributed by atoms with Crippen LogP contribution in [0.3, 0.4) is 0 Å². The van der Waals surface area contributed by atoms with Gasteiger partial charge in [-0.15, -0.1) is 11.3 Å². The summed E-state index contributed by atoms with van der Waals surface area (Å²) in [6, 6.07) is 15.9. The van der Waals surface area contributed by atoms with Crippen LogP contribution in [0.25, 0.3) is 27.0 Å². The third kappa shape index (κ3) is 3.37. The van der Waals surface area contributed by atoms with E-state index in [0.717, 1.165) is 22.5 Å². The Balaban J connectivity index is 1.34. The maximum atomic E-state index is 13.0. The standard InChI is InChI=1S/C23H18ClN3OS/c24-19-7-3-1-6-17(19)22-26-14-21(29-22)23(28)27-11-9-15(10-12-27)18-13-25-20-8-4-2-5-16(18)20/h1-9,13-14,25H,10-12H2. The molecule has 1 N–H and O–H groups in total. The van der Waals surface area contributed by atoms with Crippen molar-refractivity contribution in [2.75, 3.05) is 13.1 Å². The van der Waals surface area contributed by atoms with Crippen molar-refractivity contribution < 1.29 is 4.79 Å². The van der Waals surface area contributed by atoms with Gasteiger partial charge in [0.2, 0.25) is 0 Å². The van der Waals surface area contributed by atoms with E-state index in [1.807, 2.05) is 35.2 Å². The number of carbonyl (C=O) groups excluding carboxylic acids is 1. The van der Waals surface area contributed by atoms with E-state index in [1.54, 1.807) is 6.20 Å². The molecule has 0 atom stereocenters. The summed E-state index contributed by atoms with van der Waals surface area (Å²) in [5.41, 5.74) is 4.51. The van der Waals surface area contributed by atoms with Gasteiger partial charge in [0.05, 0.1) is 11.2 Å². The minimum Gasteiger partial charge on any atom is -0.361 e. The number of nitrogens with one attached hydrogen (secondary N) is 1. The number of fused-ring (bicyclic) bond motifs is 1. The van der Waals surface area contributed by atoms with Crippen molar-refractivity contribution in [3.63, 3.8) is 0 Å². The first-order valence-corrected chi connectivity index (χ1v) is 10.7. The normalized spacial score (nSPS) is 14.2.